The topological polar surface area (TPSA) is 80.0 Å². The number of ether oxygens (including phenoxy) is 1. The number of ketones is 1. The molecule has 1 N–H and O–H groups in total. The number of anilines is 1. The molecular weight excluding hydrogens is 474 g/mol. The van der Waals surface area contributed by atoms with Gasteiger partial charge in [-0.3, -0.25) is 14.5 Å². The normalized spacial score (nSPS) is 17.8. The first-order valence-electron chi connectivity index (χ1n) is 10.0. The van der Waals surface area contributed by atoms with Crippen LogP contribution in [-0.2, 0) is 9.59 Å². The molecule has 0 bridgehead atoms. The van der Waals surface area contributed by atoms with E-state index in [0.29, 0.717) is 33.0 Å². The second-order valence-electron chi connectivity index (χ2n) is 7.76. The van der Waals surface area contributed by atoms with Crippen LogP contribution in [0.15, 0.2) is 63.0 Å². The zero-order valence-corrected chi connectivity index (χ0v) is 19.7. The Hall–Kier alpha value is -3.32. The van der Waals surface area contributed by atoms with Crippen molar-refractivity contribution in [1.29, 1.82) is 0 Å². The molecule has 0 saturated carbocycles. The van der Waals surface area contributed by atoms with Gasteiger partial charge >= 0.3 is 0 Å². The highest BCUT2D eigenvalue weighted by atomic mass is 79.9. The summed E-state index contributed by atoms with van der Waals surface area (Å²) in [5, 5.41) is 11.2. The molecule has 1 aliphatic rings. The molecule has 2 aromatic carbocycles. The summed E-state index contributed by atoms with van der Waals surface area (Å²) in [6, 6.07) is 13.2. The van der Waals surface area contributed by atoms with Crippen molar-refractivity contribution in [2.45, 2.75) is 26.8 Å². The summed E-state index contributed by atoms with van der Waals surface area (Å²) < 4.78 is 11.7. The van der Waals surface area contributed by atoms with E-state index >= 15 is 0 Å². The number of aryl methyl sites for hydroxylation is 3. The number of methoxy groups -OCH3 is 1. The number of nitrogens with zero attached hydrogens (tertiary/aromatic N) is 1. The lowest BCUT2D eigenvalue weighted by Crippen LogP contribution is -2.30. The van der Waals surface area contributed by atoms with E-state index in [-0.39, 0.29) is 11.3 Å². The fourth-order valence-electron chi connectivity index (χ4n) is 4.00. The summed E-state index contributed by atoms with van der Waals surface area (Å²) in [5.41, 5.74) is 2.82. The van der Waals surface area contributed by atoms with E-state index in [4.69, 9.17) is 9.15 Å². The molecule has 1 amide bonds. The number of halogens is 1. The van der Waals surface area contributed by atoms with Gasteiger partial charge in [0, 0.05) is 11.3 Å². The van der Waals surface area contributed by atoms with E-state index in [9.17, 15) is 14.7 Å². The maximum Gasteiger partial charge on any atom is 0.300 e. The van der Waals surface area contributed by atoms with Gasteiger partial charge in [0.25, 0.3) is 11.7 Å². The molecule has 0 spiro atoms. The van der Waals surface area contributed by atoms with Crippen molar-refractivity contribution in [2.75, 3.05) is 12.0 Å². The van der Waals surface area contributed by atoms with E-state index in [2.05, 4.69) is 15.9 Å². The predicted molar refractivity (Wildman–Crippen MR) is 125 cm³/mol. The lowest BCUT2D eigenvalue weighted by atomic mass is 9.98. The Bertz CT molecular complexity index is 1270. The molecule has 164 valence electrons. The fraction of sp³-hybridized carbons (Fsp3) is 0.200. The standard InChI is InChI=1S/C25H22BrNO5/c1-13-5-8-18(14(2)11-13)27-22(20-9-6-15(3)32-20)21(24(29)25(27)30)23(28)16-7-10-19(31-4)17(26)12-16/h5-12,22,28H,1-4H3/b23-21-. The molecule has 0 radical (unpaired) electrons. The largest absolute Gasteiger partial charge is 0.507 e. The molecule has 2 heterocycles. The number of furan rings is 1. The van der Waals surface area contributed by atoms with Crippen molar-refractivity contribution in [1.82, 2.24) is 0 Å². The van der Waals surface area contributed by atoms with Gasteiger partial charge in [-0.15, -0.1) is 0 Å². The van der Waals surface area contributed by atoms with Crippen LogP contribution in [0.4, 0.5) is 5.69 Å². The molecule has 4 rings (SSSR count). The predicted octanol–water partition coefficient (Wildman–Crippen LogP) is 5.60. The van der Waals surface area contributed by atoms with Gasteiger partial charge in [-0.1, -0.05) is 17.7 Å². The molecule has 7 heteroatoms. The molecule has 1 unspecified atom stereocenters. The first-order chi connectivity index (χ1) is 15.2. The van der Waals surface area contributed by atoms with E-state index < -0.39 is 17.7 Å². The number of benzene rings is 2. The highest BCUT2D eigenvalue weighted by Crippen LogP contribution is 2.44. The van der Waals surface area contributed by atoms with Crippen LogP contribution in [0.2, 0.25) is 0 Å². The maximum absolute atomic E-state index is 13.2. The van der Waals surface area contributed by atoms with Crippen LogP contribution in [0.25, 0.3) is 5.76 Å². The first kappa shape index (κ1) is 21.9. The maximum atomic E-state index is 13.2. The second-order valence-corrected chi connectivity index (χ2v) is 8.61. The molecule has 3 aromatic rings. The molecular formula is C25H22BrNO5. The minimum atomic E-state index is -0.897. The number of hydrogen-bond donors (Lipinski definition) is 1. The lowest BCUT2D eigenvalue weighted by molar-refractivity contribution is -0.132. The number of aliphatic hydroxyl groups excluding tert-OH is 1. The average Bonchev–Trinajstić information content (AvgIpc) is 3.29. The molecule has 6 nitrogen and oxygen atoms in total. The Labute approximate surface area is 194 Å². The highest BCUT2D eigenvalue weighted by molar-refractivity contribution is 9.10. The Balaban J connectivity index is 1.95. The molecule has 0 aliphatic carbocycles. The third-order valence-electron chi connectivity index (χ3n) is 5.51. The van der Waals surface area contributed by atoms with Crippen LogP contribution in [0.5, 0.6) is 5.75 Å². The number of aliphatic hydroxyl groups is 1. The number of carbonyl (C=O) groups excluding carboxylic acids is 2. The van der Waals surface area contributed by atoms with Gasteiger partial charge in [-0.25, -0.2) is 0 Å². The molecule has 1 fully saturated rings. The van der Waals surface area contributed by atoms with Gasteiger partial charge in [0.15, 0.2) is 0 Å². The molecule has 1 aliphatic heterocycles. The number of hydrogen-bond acceptors (Lipinski definition) is 5. The van der Waals surface area contributed by atoms with Crippen molar-refractivity contribution in [3.05, 3.63) is 86.8 Å². The number of amides is 1. The summed E-state index contributed by atoms with van der Waals surface area (Å²) in [7, 11) is 1.54. The fourth-order valence-corrected chi connectivity index (χ4v) is 4.54. The minimum absolute atomic E-state index is 0.0265. The highest BCUT2D eigenvalue weighted by Gasteiger charge is 2.48. The van der Waals surface area contributed by atoms with Crippen molar-refractivity contribution >= 4 is 39.1 Å². The van der Waals surface area contributed by atoms with Crippen molar-refractivity contribution in [2.24, 2.45) is 0 Å². The minimum Gasteiger partial charge on any atom is -0.507 e. The second kappa shape index (κ2) is 8.31. The molecule has 1 saturated heterocycles. The smallest absolute Gasteiger partial charge is 0.300 e. The summed E-state index contributed by atoms with van der Waals surface area (Å²) in [6.45, 7) is 5.62. The van der Waals surface area contributed by atoms with Crippen molar-refractivity contribution in [3.63, 3.8) is 0 Å². The van der Waals surface area contributed by atoms with Crippen LogP contribution in [-0.4, -0.2) is 23.9 Å². The SMILES string of the molecule is COc1ccc(/C(O)=C2/C(=O)C(=O)N(c3ccc(C)cc3C)C2c2ccc(C)o2)cc1Br. The van der Waals surface area contributed by atoms with Crippen LogP contribution < -0.4 is 9.64 Å². The number of carbonyl (C=O) groups is 2. The Kier molecular flexibility index (Phi) is 5.69. The van der Waals surface area contributed by atoms with Gasteiger partial charge in [0.05, 0.1) is 17.2 Å². The monoisotopic (exact) mass is 495 g/mol. The van der Waals surface area contributed by atoms with Gasteiger partial charge in [-0.2, -0.15) is 0 Å². The quantitative estimate of drug-likeness (QED) is 0.289. The van der Waals surface area contributed by atoms with Gasteiger partial charge in [0.1, 0.15) is 29.1 Å². The Morgan fingerprint density at radius 2 is 1.81 bits per heavy atom. The van der Waals surface area contributed by atoms with E-state index in [0.717, 1.165) is 11.1 Å². The molecule has 1 atom stereocenters. The van der Waals surface area contributed by atoms with E-state index in [1.165, 1.54) is 12.0 Å². The summed E-state index contributed by atoms with van der Waals surface area (Å²) >= 11 is 3.40. The Morgan fingerprint density at radius 1 is 1.06 bits per heavy atom. The van der Waals surface area contributed by atoms with E-state index in [1.54, 1.807) is 37.3 Å². The summed E-state index contributed by atoms with van der Waals surface area (Å²) in [5.74, 6) is -0.152. The molecule has 1 aromatic heterocycles. The summed E-state index contributed by atoms with van der Waals surface area (Å²) in [6.07, 6.45) is 0. The van der Waals surface area contributed by atoms with E-state index in [1.807, 2.05) is 32.0 Å². The van der Waals surface area contributed by atoms with Crippen LogP contribution in [0.1, 0.15) is 34.3 Å². The average molecular weight is 496 g/mol. The van der Waals surface area contributed by atoms with Gasteiger partial charge < -0.3 is 14.3 Å². The lowest BCUT2D eigenvalue weighted by Gasteiger charge is -2.25. The third-order valence-corrected chi connectivity index (χ3v) is 6.13. The van der Waals surface area contributed by atoms with Crippen LogP contribution >= 0.6 is 15.9 Å². The van der Waals surface area contributed by atoms with Crippen molar-refractivity contribution < 1.29 is 23.8 Å². The van der Waals surface area contributed by atoms with Crippen molar-refractivity contribution in [3.8, 4) is 5.75 Å². The third kappa shape index (κ3) is 3.62. The number of rotatable bonds is 4. The molecule has 32 heavy (non-hydrogen) atoms. The van der Waals surface area contributed by atoms with Crippen LogP contribution in [0, 0.1) is 20.8 Å². The van der Waals surface area contributed by atoms with Crippen LogP contribution in [0.3, 0.4) is 0 Å². The van der Waals surface area contributed by atoms with Gasteiger partial charge in [-0.05, 0) is 78.7 Å². The zero-order valence-electron chi connectivity index (χ0n) is 18.1. The summed E-state index contributed by atoms with van der Waals surface area (Å²) in [4.78, 5) is 27.8. The number of Topliss-reactive ketones (excluding diaryl/α,β-unsaturated/α-hetero) is 1. The van der Waals surface area contributed by atoms with Gasteiger partial charge in [0.2, 0.25) is 0 Å². The zero-order chi connectivity index (χ0) is 23.2. The first-order valence-corrected chi connectivity index (χ1v) is 10.8. The Morgan fingerprint density at radius 3 is 2.41 bits per heavy atom.